The third kappa shape index (κ3) is 4.54. The molecule has 0 saturated heterocycles. The third-order valence-corrected chi connectivity index (χ3v) is 2.91. The molecule has 0 saturated carbocycles. The Labute approximate surface area is 111 Å². The summed E-state index contributed by atoms with van der Waals surface area (Å²) in [5.74, 6) is 0.418. The Bertz CT molecular complexity index is 558. The van der Waals surface area contributed by atoms with Gasteiger partial charge in [0.2, 0.25) is 0 Å². The van der Waals surface area contributed by atoms with Gasteiger partial charge in [0.15, 0.2) is 0 Å². The number of carbonyl (C=O) groups excluding carboxylic acids is 1. The van der Waals surface area contributed by atoms with E-state index in [1.54, 1.807) is 11.6 Å². The lowest BCUT2D eigenvalue weighted by atomic mass is 10.2. The number of nitrogens with two attached hydrogens (primary N) is 1. The molecule has 106 valence electrons. The highest BCUT2D eigenvalue weighted by atomic mass is 32.2. The Balaban J connectivity index is 2.78. The number of ether oxygens (including phenoxy) is 2. The number of amides is 1. The number of anilines is 2. The van der Waals surface area contributed by atoms with Crippen molar-refractivity contribution in [2.75, 3.05) is 24.2 Å². The van der Waals surface area contributed by atoms with E-state index in [4.69, 9.17) is 10.5 Å². The summed E-state index contributed by atoms with van der Waals surface area (Å²) >= 11 is 0. The Morgan fingerprint density at radius 1 is 1.42 bits per heavy atom. The maximum atomic E-state index is 11.6. The number of rotatable bonds is 5. The van der Waals surface area contributed by atoms with E-state index in [9.17, 15) is 13.2 Å². The van der Waals surface area contributed by atoms with Crippen LogP contribution >= 0.6 is 0 Å². The molecule has 1 aromatic rings. The molecule has 0 heterocycles. The van der Waals surface area contributed by atoms with E-state index in [2.05, 4.69) is 9.46 Å². The van der Waals surface area contributed by atoms with Gasteiger partial charge in [0, 0.05) is 0 Å². The van der Waals surface area contributed by atoms with Crippen LogP contribution in [0.1, 0.15) is 6.92 Å². The van der Waals surface area contributed by atoms with Gasteiger partial charge >= 0.3 is 16.3 Å². The largest absolute Gasteiger partial charge is 0.495 e. The number of methoxy groups -OCH3 is 1. The summed E-state index contributed by atoms with van der Waals surface area (Å²) in [7, 11) is -2.62. The summed E-state index contributed by atoms with van der Waals surface area (Å²) < 4.78 is 36.3. The predicted molar refractivity (Wildman–Crippen MR) is 70.1 cm³/mol. The van der Waals surface area contributed by atoms with Crippen molar-refractivity contribution >= 4 is 27.7 Å². The van der Waals surface area contributed by atoms with Gasteiger partial charge in [-0.3, -0.25) is 4.72 Å². The molecule has 1 aromatic carbocycles. The molecule has 0 aliphatic heterocycles. The third-order valence-electron chi connectivity index (χ3n) is 1.98. The standard InChI is InChI=1S/C10H15N3O5S/c1-3-18-10(14)13-19(15,16)12-7-4-5-9(17-2)8(11)6-7/h4-6,12H,3,11H2,1-2H3,(H,13,14). The lowest BCUT2D eigenvalue weighted by Gasteiger charge is -2.11. The Kier molecular flexibility index (Phi) is 4.81. The van der Waals surface area contributed by atoms with E-state index in [1.165, 1.54) is 25.3 Å². The molecule has 0 fully saturated rings. The van der Waals surface area contributed by atoms with Gasteiger partial charge in [-0.15, -0.1) is 0 Å². The van der Waals surface area contributed by atoms with Crippen LogP contribution in [0, 0.1) is 0 Å². The fraction of sp³-hybridized carbons (Fsp3) is 0.300. The molecule has 0 aliphatic carbocycles. The minimum Gasteiger partial charge on any atom is -0.495 e. The van der Waals surface area contributed by atoms with Crippen LogP contribution in [0.25, 0.3) is 0 Å². The minimum absolute atomic E-state index is 0.0663. The first kappa shape index (κ1) is 14.9. The van der Waals surface area contributed by atoms with Crippen molar-refractivity contribution in [2.45, 2.75) is 6.92 Å². The van der Waals surface area contributed by atoms with E-state index in [-0.39, 0.29) is 18.0 Å². The Hall–Kier alpha value is -2.16. The summed E-state index contributed by atoms with van der Waals surface area (Å²) in [5.41, 5.74) is 6.08. The van der Waals surface area contributed by atoms with Gasteiger partial charge in [-0.2, -0.15) is 8.42 Å². The molecule has 0 bridgehead atoms. The molecule has 0 radical (unpaired) electrons. The summed E-state index contributed by atoms with van der Waals surface area (Å²) in [6.07, 6.45) is -1.06. The fourth-order valence-electron chi connectivity index (χ4n) is 1.25. The molecule has 19 heavy (non-hydrogen) atoms. The molecule has 0 aromatic heterocycles. The quantitative estimate of drug-likeness (QED) is 0.686. The topological polar surface area (TPSA) is 120 Å². The van der Waals surface area contributed by atoms with Crippen molar-refractivity contribution in [2.24, 2.45) is 0 Å². The number of carbonyl (C=O) groups is 1. The van der Waals surface area contributed by atoms with Crippen molar-refractivity contribution < 1.29 is 22.7 Å². The summed E-state index contributed by atoms with van der Waals surface area (Å²) in [5, 5.41) is 0. The van der Waals surface area contributed by atoms with E-state index in [0.717, 1.165) is 0 Å². The molecule has 1 rings (SSSR count). The average molecular weight is 289 g/mol. The predicted octanol–water partition coefficient (Wildman–Crippen LogP) is 0.680. The number of hydrogen-bond acceptors (Lipinski definition) is 6. The van der Waals surface area contributed by atoms with Gasteiger partial charge in [0.05, 0.1) is 25.1 Å². The highest BCUT2D eigenvalue weighted by Gasteiger charge is 2.15. The molecule has 0 unspecified atom stereocenters. The second-order valence-corrected chi connectivity index (χ2v) is 4.80. The van der Waals surface area contributed by atoms with Gasteiger partial charge in [-0.05, 0) is 25.1 Å². The lowest BCUT2D eigenvalue weighted by molar-refractivity contribution is 0.159. The van der Waals surface area contributed by atoms with Crippen LogP contribution in [0.2, 0.25) is 0 Å². The highest BCUT2D eigenvalue weighted by Crippen LogP contribution is 2.24. The lowest BCUT2D eigenvalue weighted by Crippen LogP contribution is -2.35. The van der Waals surface area contributed by atoms with Gasteiger partial charge < -0.3 is 15.2 Å². The Morgan fingerprint density at radius 2 is 2.11 bits per heavy atom. The molecule has 9 heteroatoms. The minimum atomic E-state index is -4.06. The maximum Gasteiger partial charge on any atom is 0.422 e. The first-order chi connectivity index (χ1) is 8.88. The number of hydrogen-bond donors (Lipinski definition) is 3. The van der Waals surface area contributed by atoms with Crippen LogP contribution in [0.5, 0.6) is 5.75 Å². The summed E-state index contributed by atoms with van der Waals surface area (Å²) in [4.78, 5) is 11.0. The van der Waals surface area contributed by atoms with Crippen molar-refractivity contribution in [3.63, 3.8) is 0 Å². The van der Waals surface area contributed by atoms with Gasteiger partial charge in [0.1, 0.15) is 5.75 Å². The molecular formula is C10H15N3O5S. The zero-order valence-electron chi connectivity index (χ0n) is 10.5. The normalized spacial score (nSPS) is 10.6. The van der Waals surface area contributed by atoms with Crippen LogP contribution in [0.15, 0.2) is 18.2 Å². The summed E-state index contributed by atoms with van der Waals surface area (Å²) in [6, 6.07) is 4.31. The molecule has 1 amide bonds. The monoisotopic (exact) mass is 289 g/mol. The number of nitrogens with one attached hydrogen (secondary N) is 2. The summed E-state index contributed by atoms with van der Waals surface area (Å²) in [6.45, 7) is 1.63. The fourth-order valence-corrected chi connectivity index (χ4v) is 2.02. The van der Waals surface area contributed by atoms with E-state index < -0.39 is 16.3 Å². The first-order valence-corrected chi connectivity index (χ1v) is 6.77. The van der Waals surface area contributed by atoms with Crippen LogP contribution < -0.4 is 19.9 Å². The maximum absolute atomic E-state index is 11.6. The number of nitrogen functional groups attached to an aromatic ring is 1. The zero-order chi connectivity index (χ0) is 14.5. The molecule has 0 atom stereocenters. The smallest absolute Gasteiger partial charge is 0.422 e. The molecule has 8 nitrogen and oxygen atoms in total. The van der Waals surface area contributed by atoms with Crippen LogP contribution in [0.4, 0.5) is 16.2 Å². The second-order valence-electron chi connectivity index (χ2n) is 3.38. The van der Waals surface area contributed by atoms with Crippen molar-refractivity contribution in [1.82, 2.24) is 4.72 Å². The molecule has 4 N–H and O–H groups in total. The van der Waals surface area contributed by atoms with Crippen molar-refractivity contribution in [1.29, 1.82) is 0 Å². The van der Waals surface area contributed by atoms with E-state index >= 15 is 0 Å². The molecule has 0 spiro atoms. The Morgan fingerprint density at radius 3 is 2.63 bits per heavy atom. The molecular weight excluding hydrogens is 274 g/mol. The van der Waals surface area contributed by atoms with E-state index in [0.29, 0.717) is 5.75 Å². The van der Waals surface area contributed by atoms with Crippen LogP contribution in [-0.2, 0) is 14.9 Å². The highest BCUT2D eigenvalue weighted by molar-refractivity contribution is 7.91. The van der Waals surface area contributed by atoms with Gasteiger partial charge in [0.25, 0.3) is 0 Å². The number of benzene rings is 1. The second kappa shape index (κ2) is 6.14. The zero-order valence-corrected chi connectivity index (χ0v) is 11.3. The van der Waals surface area contributed by atoms with Crippen molar-refractivity contribution in [3.8, 4) is 5.75 Å². The van der Waals surface area contributed by atoms with Gasteiger partial charge in [-0.1, -0.05) is 0 Å². The van der Waals surface area contributed by atoms with Crippen molar-refractivity contribution in [3.05, 3.63) is 18.2 Å². The van der Waals surface area contributed by atoms with Crippen LogP contribution in [-0.4, -0.2) is 28.2 Å². The molecule has 0 aliphatic rings. The van der Waals surface area contributed by atoms with E-state index in [1.807, 2.05) is 0 Å². The SMILES string of the molecule is CCOC(=O)NS(=O)(=O)Nc1ccc(OC)c(N)c1. The van der Waals surface area contributed by atoms with Crippen LogP contribution in [0.3, 0.4) is 0 Å². The first-order valence-electron chi connectivity index (χ1n) is 5.28. The average Bonchev–Trinajstić information content (AvgIpc) is 2.27. The van der Waals surface area contributed by atoms with Gasteiger partial charge in [-0.25, -0.2) is 9.52 Å².